The van der Waals surface area contributed by atoms with E-state index in [4.69, 9.17) is 5.11 Å². The van der Waals surface area contributed by atoms with Gasteiger partial charge < -0.3 is 10.4 Å². The van der Waals surface area contributed by atoms with Crippen molar-refractivity contribution in [2.24, 2.45) is 0 Å². The van der Waals surface area contributed by atoms with Gasteiger partial charge in [0.2, 0.25) is 5.91 Å². The maximum absolute atomic E-state index is 12.0. The van der Waals surface area contributed by atoms with Gasteiger partial charge in [-0.15, -0.1) is 0 Å². The Morgan fingerprint density at radius 1 is 1.24 bits per heavy atom. The smallest absolute Gasteiger partial charge is 0.238 e. The number of benzene rings is 1. The van der Waals surface area contributed by atoms with Crippen LogP contribution in [0, 0.1) is 0 Å². The van der Waals surface area contributed by atoms with E-state index in [1.54, 1.807) is 0 Å². The minimum Gasteiger partial charge on any atom is -0.396 e. The minimum atomic E-state index is 0.0394. The zero-order chi connectivity index (χ0) is 15.1. The Balaban J connectivity index is 1.74. The third-order valence-electron chi connectivity index (χ3n) is 3.99. The fourth-order valence-electron chi connectivity index (χ4n) is 2.84. The van der Waals surface area contributed by atoms with Crippen LogP contribution in [0.15, 0.2) is 18.2 Å². The highest BCUT2D eigenvalue weighted by Gasteiger charge is 2.12. The van der Waals surface area contributed by atoms with Crippen LogP contribution in [-0.2, 0) is 17.6 Å². The van der Waals surface area contributed by atoms with Crippen molar-refractivity contribution in [2.75, 3.05) is 32.1 Å². The Morgan fingerprint density at radius 3 is 2.86 bits per heavy atom. The number of hydrogen-bond donors (Lipinski definition) is 2. The Hall–Kier alpha value is -1.39. The van der Waals surface area contributed by atoms with Crippen molar-refractivity contribution in [2.45, 2.75) is 38.5 Å². The fourth-order valence-corrected chi connectivity index (χ4v) is 2.84. The molecule has 0 fully saturated rings. The number of unbranched alkanes of at least 4 members (excludes halogenated alkanes) is 2. The molecule has 0 bridgehead atoms. The molecule has 0 atom stereocenters. The van der Waals surface area contributed by atoms with Crippen LogP contribution in [0.25, 0.3) is 0 Å². The molecule has 0 spiro atoms. The van der Waals surface area contributed by atoms with E-state index >= 15 is 0 Å². The summed E-state index contributed by atoms with van der Waals surface area (Å²) in [5, 5.41) is 11.7. The molecule has 1 aromatic rings. The van der Waals surface area contributed by atoms with Crippen LogP contribution >= 0.6 is 0 Å². The van der Waals surface area contributed by atoms with E-state index in [9.17, 15) is 4.79 Å². The lowest BCUT2D eigenvalue weighted by molar-refractivity contribution is -0.117. The molecule has 1 aromatic carbocycles. The van der Waals surface area contributed by atoms with Crippen molar-refractivity contribution in [3.05, 3.63) is 29.3 Å². The summed E-state index contributed by atoms with van der Waals surface area (Å²) in [5.41, 5.74) is 3.72. The molecule has 1 amide bonds. The molecular formula is C17H26N2O2. The minimum absolute atomic E-state index is 0.0394. The van der Waals surface area contributed by atoms with E-state index in [0.29, 0.717) is 6.54 Å². The van der Waals surface area contributed by atoms with E-state index in [-0.39, 0.29) is 12.5 Å². The van der Waals surface area contributed by atoms with Crippen molar-refractivity contribution in [3.63, 3.8) is 0 Å². The van der Waals surface area contributed by atoms with E-state index in [1.807, 2.05) is 18.0 Å². The lowest BCUT2D eigenvalue weighted by Gasteiger charge is -2.16. The Morgan fingerprint density at radius 2 is 2.05 bits per heavy atom. The summed E-state index contributed by atoms with van der Waals surface area (Å²) < 4.78 is 0. The molecule has 0 aromatic heterocycles. The summed E-state index contributed by atoms with van der Waals surface area (Å²) in [6, 6.07) is 6.25. The average molecular weight is 290 g/mol. The van der Waals surface area contributed by atoms with Gasteiger partial charge in [0.1, 0.15) is 0 Å². The predicted octanol–water partition coefficient (Wildman–Crippen LogP) is 2.21. The van der Waals surface area contributed by atoms with E-state index in [2.05, 4.69) is 17.4 Å². The van der Waals surface area contributed by atoms with Crippen LogP contribution < -0.4 is 5.32 Å². The van der Waals surface area contributed by atoms with Gasteiger partial charge in [-0.2, -0.15) is 0 Å². The molecule has 0 saturated carbocycles. The van der Waals surface area contributed by atoms with Crippen molar-refractivity contribution >= 4 is 11.6 Å². The highest BCUT2D eigenvalue weighted by atomic mass is 16.2. The molecular weight excluding hydrogens is 264 g/mol. The van der Waals surface area contributed by atoms with Crippen molar-refractivity contribution < 1.29 is 9.90 Å². The van der Waals surface area contributed by atoms with Crippen molar-refractivity contribution in [1.29, 1.82) is 0 Å². The molecule has 0 saturated heterocycles. The van der Waals surface area contributed by atoms with Gasteiger partial charge in [-0.05, 0) is 75.4 Å². The number of hydrogen-bond acceptors (Lipinski definition) is 3. The van der Waals surface area contributed by atoms with Gasteiger partial charge in [0.05, 0.1) is 6.54 Å². The summed E-state index contributed by atoms with van der Waals surface area (Å²) in [7, 11) is 1.96. The fraction of sp³-hybridized carbons (Fsp3) is 0.588. The molecule has 2 N–H and O–H groups in total. The number of likely N-dealkylation sites (N-methyl/N-ethyl adjacent to an activating group) is 1. The van der Waals surface area contributed by atoms with Gasteiger partial charge in [0.15, 0.2) is 0 Å². The highest BCUT2D eigenvalue weighted by molar-refractivity contribution is 5.92. The van der Waals surface area contributed by atoms with Crippen LogP contribution in [0.3, 0.4) is 0 Å². The van der Waals surface area contributed by atoms with Gasteiger partial charge in [0.25, 0.3) is 0 Å². The first-order valence-electron chi connectivity index (χ1n) is 7.90. The van der Waals surface area contributed by atoms with Crippen molar-refractivity contribution in [1.82, 2.24) is 4.90 Å². The Kier molecular flexibility index (Phi) is 6.21. The lowest BCUT2D eigenvalue weighted by atomic mass is 10.1. The average Bonchev–Trinajstić information content (AvgIpc) is 2.91. The summed E-state index contributed by atoms with van der Waals surface area (Å²) in [6.45, 7) is 1.55. The molecule has 21 heavy (non-hydrogen) atoms. The number of anilines is 1. The van der Waals surface area contributed by atoms with Gasteiger partial charge in [-0.25, -0.2) is 0 Å². The van der Waals surface area contributed by atoms with Crippen LogP contribution in [0.2, 0.25) is 0 Å². The van der Waals surface area contributed by atoms with Crippen LogP contribution in [-0.4, -0.2) is 42.7 Å². The molecule has 4 nitrogen and oxygen atoms in total. The first-order chi connectivity index (χ1) is 10.2. The molecule has 4 heteroatoms. The lowest BCUT2D eigenvalue weighted by Crippen LogP contribution is -2.30. The maximum Gasteiger partial charge on any atom is 0.238 e. The number of aryl methyl sites for hydroxylation is 2. The zero-order valence-electron chi connectivity index (χ0n) is 12.9. The Labute approximate surface area is 127 Å². The Bertz CT molecular complexity index is 474. The monoisotopic (exact) mass is 290 g/mol. The number of aliphatic hydroxyl groups is 1. The van der Waals surface area contributed by atoms with E-state index in [1.165, 1.54) is 24.0 Å². The normalized spacial score (nSPS) is 13.5. The second-order valence-corrected chi connectivity index (χ2v) is 5.91. The predicted molar refractivity (Wildman–Crippen MR) is 85.5 cm³/mol. The number of nitrogens with zero attached hydrogens (tertiary/aromatic N) is 1. The largest absolute Gasteiger partial charge is 0.396 e. The van der Waals surface area contributed by atoms with Gasteiger partial charge in [-0.1, -0.05) is 6.07 Å². The molecule has 1 aliphatic rings. The second-order valence-electron chi connectivity index (χ2n) is 5.91. The first kappa shape index (κ1) is 16.0. The van der Waals surface area contributed by atoms with Gasteiger partial charge in [-0.3, -0.25) is 9.69 Å². The first-order valence-corrected chi connectivity index (χ1v) is 7.90. The number of rotatable bonds is 8. The highest BCUT2D eigenvalue weighted by Crippen LogP contribution is 2.24. The standard InChI is InChI=1S/C17H26N2O2/c1-19(10-3-2-4-11-20)13-17(21)18-16-9-8-14-6-5-7-15(14)12-16/h8-9,12,20H,2-7,10-11,13H2,1H3,(H,18,21). The summed E-state index contributed by atoms with van der Waals surface area (Å²) in [5.74, 6) is 0.0394. The van der Waals surface area contributed by atoms with E-state index in [0.717, 1.165) is 37.9 Å². The molecule has 0 radical (unpaired) electrons. The van der Waals surface area contributed by atoms with Crippen LogP contribution in [0.4, 0.5) is 5.69 Å². The maximum atomic E-state index is 12.0. The third kappa shape index (κ3) is 5.14. The number of aliphatic hydroxyl groups excluding tert-OH is 1. The summed E-state index contributed by atoms with van der Waals surface area (Å²) in [4.78, 5) is 14.0. The zero-order valence-corrected chi connectivity index (χ0v) is 12.9. The molecule has 116 valence electrons. The molecule has 1 aliphatic carbocycles. The van der Waals surface area contributed by atoms with Gasteiger partial charge >= 0.3 is 0 Å². The number of amides is 1. The molecule has 0 heterocycles. The SMILES string of the molecule is CN(CCCCCO)CC(=O)Nc1ccc2c(c1)CCC2. The number of fused-ring (bicyclic) bond motifs is 1. The van der Waals surface area contributed by atoms with Gasteiger partial charge in [0, 0.05) is 12.3 Å². The molecule has 0 unspecified atom stereocenters. The molecule has 0 aliphatic heterocycles. The molecule has 2 rings (SSSR count). The topological polar surface area (TPSA) is 52.6 Å². The summed E-state index contributed by atoms with van der Waals surface area (Å²) >= 11 is 0. The van der Waals surface area contributed by atoms with Crippen LogP contribution in [0.1, 0.15) is 36.8 Å². The quantitative estimate of drug-likeness (QED) is 0.722. The number of nitrogens with one attached hydrogen (secondary N) is 1. The number of carbonyl (C=O) groups excluding carboxylic acids is 1. The van der Waals surface area contributed by atoms with Crippen LogP contribution in [0.5, 0.6) is 0 Å². The second kappa shape index (κ2) is 8.15. The number of carbonyl (C=O) groups is 1. The van der Waals surface area contributed by atoms with E-state index < -0.39 is 0 Å². The third-order valence-corrected chi connectivity index (χ3v) is 3.99. The summed E-state index contributed by atoms with van der Waals surface area (Å²) in [6.07, 6.45) is 6.39. The van der Waals surface area contributed by atoms with Crippen molar-refractivity contribution in [3.8, 4) is 0 Å².